The van der Waals surface area contributed by atoms with Gasteiger partial charge in [0.1, 0.15) is 0 Å². The second kappa shape index (κ2) is 4.03. The van der Waals surface area contributed by atoms with E-state index in [9.17, 15) is 0 Å². The standard InChI is InChI=1S/C10H11Cl2N/c1-6-4-7(2)10(5-9(6)12)13-8(3)11/h4-5,13H,3H2,1-2H3. The molecule has 1 N–H and O–H groups in total. The Morgan fingerprint density at radius 1 is 1.31 bits per heavy atom. The zero-order valence-electron chi connectivity index (χ0n) is 7.62. The molecule has 0 radical (unpaired) electrons. The van der Waals surface area contributed by atoms with Crippen molar-refractivity contribution in [2.75, 3.05) is 5.32 Å². The van der Waals surface area contributed by atoms with Gasteiger partial charge in [-0.25, -0.2) is 0 Å². The molecule has 0 spiro atoms. The van der Waals surface area contributed by atoms with Crippen molar-refractivity contribution in [2.24, 2.45) is 0 Å². The molecule has 0 fully saturated rings. The maximum atomic E-state index is 5.96. The molecule has 0 heterocycles. The molecule has 0 unspecified atom stereocenters. The number of nitrogens with one attached hydrogen (secondary N) is 1. The van der Waals surface area contributed by atoms with Gasteiger partial charge in [-0.15, -0.1) is 0 Å². The van der Waals surface area contributed by atoms with Crippen LogP contribution in [0.5, 0.6) is 0 Å². The smallest absolute Gasteiger partial charge is 0.0989 e. The summed E-state index contributed by atoms with van der Waals surface area (Å²) < 4.78 is 0. The van der Waals surface area contributed by atoms with Crippen LogP contribution in [-0.2, 0) is 0 Å². The summed E-state index contributed by atoms with van der Waals surface area (Å²) in [4.78, 5) is 0. The summed E-state index contributed by atoms with van der Waals surface area (Å²) in [6, 6.07) is 3.85. The molecule has 1 nitrogen and oxygen atoms in total. The van der Waals surface area contributed by atoms with E-state index in [-0.39, 0.29) is 0 Å². The second-order valence-corrected chi connectivity index (χ2v) is 3.81. The predicted octanol–water partition coefficient (Wildman–Crippen LogP) is 4.08. The first-order chi connectivity index (χ1) is 6.00. The van der Waals surface area contributed by atoms with Crippen molar-refractivity contribution in [3.8, 4) is 0 Å². The molecular formula is C10H11Cl2N. The molecule has 13 heavy (non-hydrogen) atoms. The van der Waals surface area contributed by atoms with Crippen LogP contribution in [0.25, 0.3) is 0 Å². The van der Waals surface area contributed by atoms with Gasteiger partial charge in [-0.2, -0.15) is 0 Å². The highest BCUT2D eigenvalue weighted by Gasteiger charge is 2.02. The van der Waals surface area contributed by atoms with Crippen molar-refractivity contribution < 1.29 is 0 Å². The van der Waals surface area contributed by atoms with Crippen molar-refractivity contribution in [2.45, 2.75) is 13.8 Å². The summed E-state index contributed by atoms with van der Waals surface area (Å²) in [6.07, 6.45) is 0. The number of hydrogen-bond acceptors (Lipinski definition) is 1. The minimum absolute atomic E-state index is 0.392. The monoisotopic (exact) mass is 215 g/mol. The summed E-state index contributed by atoms with van der Waals surface area (Å²) in [6.45, 7) is 7.51. The van der Waals surface area contributed by atoms with Crippen LogP contribution < -0.4 is 5.32 Å². The van der Waals surface area contributed by atoms with Crippen LogP contribution in [-0.4, -0.2) is 0 Å². The number of rotatable bonds is 2. The normalized spacial score (nSPS) is 9.85. The molecule has 1 rings (SSSR count). The van der Waals surface area contributed by atoms with Crippen molar-refractivity contribution >= 4 is 28.9 Å². The molecular weight excluding hydrogens is 205 g/mol. The molecule has 0 aliphatic heterocycles. The lowest BCUT2D eigenvalue weighted by Crippen LogP contribution is -1.95. The largest absolute Gasteiger partial charge is 0.346 e. The molecule has 0 aliphatic carbocycles. The van der Waals surface area contributed by atoms with Gasteiger partial charge < -0.3 is 5.32 Å². The van der Waals surface area contributed by atoms with Crippen molar-refractivity contribution in [3.05, 3.63) is 40.0 Å². The third kappa shape index (κ3) is 2.64. The van der Waals surface area contributed by atoms with E-state index in [1.165, 1.54) is 0 Å². The van der Waals surface area contributed by atoms with E-state index >= 15 is 0 Å². The van der Waals surface area contributed by atoms with Gasteiger partial charge in [-0.05, 0) is 31.0 Å². The number of benzene rings is 1. The molecule has 0 atom stereocenters. The first-order valence-corrected chi connectivity index (χ1v) is 4.64. The summed E-state index contributed by atoms with van der Waals surface area (Å²) in [5, 5.41) is 4.05. The fourth-order valence-electron chi connectivity index (χ4n) is 1.11. The Morgan fingerprint density at radius 3 is 2.46 bits per heavy atom. The van der Waals surface area contributed by atoms with Crippen LogP contribution in [0.1, 0.15) is 11.1 Å². The Bertz CT molecular complexity index is 345. The molecule has 70 valence electrons. The van der Waals surface area contributed by atoms with E-state index in [2.05, 4.69) is 11.9 Å². The molecule has 1 aromatic rings. The van der Waals surface area contributed by atoms with Gasteiger partial charge in [0.05, 0.1) is 5.16 Å². The number of hydrogen-bond donors (Lipinski definition) is 1. The lowest BCUT2D eigenvalue weighted by atomic mass is 10.1. The molecule has 1 aromatic carbocycles. The molecule has 0 aliphatic rings. The summed E-state index contributed by atoms with van der Waals surface area (Å²) in [5.41, 5.74) is 3.06. The highest BCUT2D eigenvalue weighted by Crippen LogP contribution is 2.25. The minimum atomic E-state index is 0.392. The van der Waals surface area contributed by atoms with Gasteiger partial charge >= 0.3 is 0 Å². The lowest BCUT2D eigenvalue weighted by molar-refractivity contribution is 1.37. The van der Waals surface area contributed by atoms with E-state index < -0.39 is 0 Å². The maximum absolute atomic E-state index is 5.96. The van der Waals surface area contributed by atoms with Gasteiger partial charge in [-0.3, -0.25) is 0 Å². The molecule has 0 amide bonds. The Kier molecular flexibility index (Phi) is 3.23. The quantitative estimate of drug-likeness (QED) is 0.734. The summed E-state index contributed by atoms with van der Waals surface area (Å²) in [7, 11) is 0. The van der Waals surface area contributed by atoms with Crippen LogP contribution in [0.3, 0.4) is 0 Å². The van der Waals surface area contributed by atoms with Crippen LogP contribution in [0, 0.1) is 13.8 Å². The number of halogens is 2. The lowest BCUT2D eigenvalue weighted by Gasteiger charge is -2.09. The van der Waals surface area contributed by atoms with E-state index in [4.69, 9.17) is 23.2 Å². The zero-order chi connectivity index (χ0) is 10.0. The molecule has 3 heteroatoms. The second-order valence-electron chi connectivity index (χ2n) is 2.95. The van der Waals surface area contributed by atoms with E-state index in [1.807, 2.05) is 26.0 Å². The molecule has 0 saturated carbocycles. The Hall–Kier alpha value is -0.660. The van der Waals surface area contributed by atoms with Gasteiger partial charge in [0.25, 0.3) is 0 Å². The van der Waals surface area contributed by atoms with Crippen LogP contribution in [0.4, 0.5) is 5.69 Å². The van der Waals surface area contributed by atoms with Gasteiger partial charge in [0.15, 0.2) is 0 Å². The van der Waals surface area contributed by atoms with Crippen LogP contribution >= 0.6 is 23.2 Å². The summed E-state index contributed by atoms with van der Waals surface area (Å²) >= 11 is 11.6. The van der Waals surface area contributed by atoms with Gasteiger partial charge in [0, 0.05) is 10.7 Å². The highest BCUT2D eigenvalue weighted by atomic mass is 35.5. The third-order valence-electron chi connectivity index (χ3n) is 1.78. The average Bonchev–Trinajstić information content (AvgIpc) is 1.99. The van der Waals surface area contributed by atoms with Crippen LogP contribution in [0.2, 0.25) is 5.02 Å². The van der Waals surface area contributed by atoms with Crippen molar-refractivity contribution in [1.29, 1.82) is 0 Å². The van der Waals surface area contributed by atoms with Crippen molar-refractivity contribution in [3.63, 3.8) is 0 Å². The first-order valence-electron chi connectivity index (χ1n) is 3.89. The minimum Gasteiger partial charge on any atom is -0.346 e. The Balaban J connectivity index is 3.08. The fraction of sp³-hybridized carbons (Fsp3) is 0.200. The van der Waals surface area contributed by atoms with Crippen LogP contribution in [0.15, 0.2) is 23.9 Å². The maximum Gasteiger partial charge on any atom is 0.0989 e. The number of aryl methyl sites for hydroxylation is 2. The highest BCUT2D eigenvalue weighted by molar-refractivity contribution is 6.32. The molecule has 0 bridgehead atoms. The first kappa shape index (κ1) is 10.4. The third-order valence-corrected chi connectivity index (χ3v) is 2.28. The predicted molar refractivity (Wildman–Crippen MR) is 59.5 cm³/mol. The Morgan fingerprint density at radius 2 is 1.92 bits per heavy atom. The topological polar surface area (TPSA) is 12.0 Å². The Labute approximate surface area is 88.4 Å². The fourth-order valence-corrected chi connectivity index (χ4v) is 1.37. The van der Waals surface area contributed by atoms with E-state index in [0.29, 0.717) is 5.16 Å². The van der Waals surface area contributed by atoms with E-state index in [0.717, 1.165) is 21.8 Å². The molecule has 0 saturated heterocycles. The SMILES string of the molecule is C=C(Cl)Nc1cc(Cl)c(C)cc1C. The van der Waals surface area contributed by atoms with Gasteiger partial charge in [-0.1, -0.05) is 35.8 Å². The van der Waals surface area contributed by atoms with E-state index in [1.54, 1.807) is 0 Å². The average molecular weight is 216 g/mol. The zero-order valence-corrected chi connectivity index (χ0v) is 9.13. The summed E-state index contributed by atoms with van der Waals surface area (Å²) in [5.74, 6) is 0. The number of anilines is 1. The van der Waals surface area contributed by atoms with Crippen molar-refractivity contribution in [1.82, 2.24) is 0 Å². The molecule has 0 aromatic heterocycles. The van der Waals surface area contributed by atoms with Gasteiger partial charge in [0.2, 0.25) is 0 Å².